The Morgan fingerprint density at radius 1 is 1.23 bits per heavy atom. The van der Waals surface area contributed by atoms with Crippen molar-refractivity contribution in [3.8, 4) is 0 Å². The number of nitrogens with zero attached hydrogens (tertiary/aromatic N) is 1. The summed E-state index contributed by atoms with van der Waals surface area (Å²) in [5.74, 6) is -3.38. The lowest BCUT2D eigenvalue weighted by molar-refractivity contribution is 0.234. The standard InChI is InChI=1S/C15H20F2N2O2S/c1-10-8-12(9-19(10)13-4-5-13)18-11-2-6-14(7-3-11)22(20,21)15(16)17/h2-3,6-7,10,12-13,15,18H,4-5,8-9H2,1H3. The van der Waals surface area contributed by atoms with Crippen molar-refractivity contribution >= 4 is 15.5 Å². The highest BCUT2D eigenvalue weighted by atomic mass is 32.2. The normalized spacial score (nSPS) is 26.5. The van der Waals surface area contributed by atoms with Gasteiger partial charge in [0.1, 0.15) is 0 Å². The molecule has 0 radical (unpaired) electrons. The predicted octanol–water partition coefficient (Wildman–Crippen LogP) is 2.72. The van der Waals surface area contributed by atoms with Gasteiger partial charge in [-0.25, -0.2) is 8.42 Å². The fraction of sp³-hybridized carbons (Fsp3) is 0.600. The number of benzene rings is 1. The lowest BCUT2D eigenvalue weighted by Gasteiger charge is -2.20. The lowest BCUT2D eigenvalue weighted by atomic mass is 10.2. The molecular weight excluding hydrogens is 310 g/mol. The number of likely N-dealkylation sites (tertiary alicyclic amines) is 1. The number of hydrogen-bond acceptors (Lipinski definition) is 4. The van der Waals surface area contributed by atoms with Crippen molar-refractivity contribution in [1.82, 2.24) is 4.90 Å². The summed E-state index contributed by atoms with van der Waals surface area (Å²) in [6.07, 6.45) is 3.59. The van der Waals surface area contributed by atoms with E-state index in [0.717, 1.165) is 24.7 Å². The van der Waals surface area contributed by atoms with Crippen LogP contribution in [0.3, 0.4) is 0 Å². The van der Waals surface area contributed by atoms with E-state index < -0.39 is 15.6 Å². The molecule has 0 amide bonds. The molecular formula is C15H20F2N2O2S. The van der Waals surface area contributed by atoms with Crippen molar-refractivity contribution in [3.05, 3.63) is 24.3 Å². The molecule has 1 aromatic rings. The first-order valence-electron chi connectivity index (χ1n) is 7.52. The number of sulfone groups is 1. The number of alkyl halides is 2. The lowest BCUT2D eigenvalue weighted by Crippen LogP contribution is -2.31. The fourth-order valence-electron chi connectivity index (χ4n) is 3.16. The topological polar surface area (TPSA) is 49.4 Å². The van der Waals surface area contributed by atoms with Crippen molar-refractivity contribution in [2.24, 2.45) is 0 Å². The van der Waals surface area contributed by atoms with Crippen LogP contribution in [0.4, 0.5) is 14.5 Å². The molecule has 1 aromatic carbocycles. The van der Waals surface area contributed by atoms with Crippen molar-refractivity contribution in [1.29, 1.82) is 0 Å². The third-order valence-corrected chi connectivity index (χ3v) is 5.83. The first-order chi connectivity index (χ1) is 10.4. The molecule has 7 heteroatoms. The van der Waals surface area contributed by atoms with Gasteiger partial charge in [0.15, 0.2) is 0 Å². The zero-order valence-electron chi connectivity index (χ0n) is 12.4. The second-order valence-corrected chi connectivity index (χ2v) is 8.10. The summed E-state index contributed by atoms with van der Waals surface area (Å²) in [5, 5.41) is 3.37. The Bertz CT molecular complexity index is 629. The van der Waals surface area contributed by atoms with E-state index in [4.69, 9.17) is 0 Å². The van der Waals surface area contributed by atoms with Crippen LogP contribution in [0.1, 0.15) is 26.2 Å². The molecule has 2 fully saturated rings. The highest BCUT2D eigenvalue weighted by Crippen LogP contribution is 2.34. The molecule has 0 bridgehead atoms. The Morgan fingerprint density at radius 3 is 2.41 bits per heavy atom. The summed E-state index contributed by atoms with van der Waals surface area (Å²) in [6, 6.07) is 7.17. The van der Waals surface area contributed by atoms with E-state index in [2.05, 4.69) is 17.1 Å². The predicted molar refractivity (Wildman–Crippen MR) is 80.8 cm³/mol. The van der Waals surface area contributed by atoms with Gasteiger partial charge < -0.3 is 5.32 Å². The summed E-state index contributed by atoms with van der Waals surface area (Å²) in [7, 11) is -4.51. The van der Waals surface area contributed by atoms with Crippen LogP contribution in [0.15, 0.2) is 29.2 Å². The van der Waals surface area contributed by atoms with Gasteiger partial charge in [0.05, 0.1) is 4.90 Å². The van der Waals surface area contributed by atoms with Crippen LogP contribution in [0, 0.1) is 0 Å². The van der Waals surface area contributed by atoms with Crippen molar-refractivity contribution in [3.63, 3.8) is 0 Å². The van der Waals surface area contributed by atoms with Crippen LogP contribution in [0.2, 0.25) is 0 Å². The molecule has 1 aliphatic carbocycles. The van der Waals surface area contributed by atoms with Crippen LogP contribution < -0.4 is 5.32 Å². The summed E-state index contributed by atoms with van der Waals surface area (Å²) in [6.45, 7) is 3.20. The zero-order valence-corrected chi connectivity index (χ0v) is 13.2. The maximum Gasteiger partial charge on any atom is 0.341 e. The highest BCUT2D eigenvalue weighted by Gasteiger charge is 2.38. The van der Waals surface area contributed by atoms with E-state index >= 15 is 0 Å². The molecule has 0 spiro atoms. The van der Waals surface area contributed by atoms with E-state index in [0.29, 0.717) is 12.1 Å². The molecule has 2 atom stereocenters. The Balaban J connectivity index is 1.64. The quantitative estimate of drug-likeness (QED) is 0.902. The first-order valence-corrected chi connectivity index (χ1v) is 9.07. The second-order valence-electron chi connectivity index (χ2n) is 6.18. The molecule has 22 heavy (non-hydrogen) atoms. The van der Waals surface area contributed by atoms with E-state index in [9.17, 15) is 17.2 Å². The molecule has 1 saturated heterocycles. The molecule has 1 heterocycles. The zero-order chi connectivity index (χ0) is 15.9. The molecule has 3 rings (SSSR count). The largest absolute Gasteiger partial charge is 0.381 e. The molecule has 1 aliphatic heterocycles. The monoisotopic (exact) mass is 330 g/mol. The average Bonchev–Trinajstić information content (AvgIpc) is 3.24. The van der Waals surface area contributed by atoms with Crippen LogP contribution in [-0.4, -0.2) is 43.7 Å². The summed E-state index contributed by atoms with van der Waals surface area (Å²) in [4.78, 5) is 2.17. The number of rotatable bonds is 5. The fourth-order valence-corrected chi connectivity index (χ4v) is 3.88. The number of halogens is 2. The second kappa shape index (κ2) is 5.77. The van der Waals surface area contributed by atoms with Gasteiger partial charge in [-0.2, -0.15) is 8.78 Å². The molecule has 1 saturated carbocycles. The molecule has 0 aromatic heterocycles. The van der Waals surface area contributed by atoms with E-state index in [1.165, 1.54) is 25.0 Å². The van der Waals surface area contributed by atoms with E-state index in [1.54, 1.807) is 12.1 Å². The average molecular weight is 330 g/mol. The Labute approximate surface area is 129 Å². The number of hydrogen-bond donors (Lipinski definition) is 1. The number of nitrogens with one attached hydrogen (secondary N) is 1. The molecule has 1 N–H and O–H groups in total. The summed E-state index contributed by atoms with van der Waals surface area (Å²) in [5.41, 5.74) is 0.767. The first kappa shape index (κ1) is 15.7. The van der Waals surface area contributed by atoms with Crippen molar-refractivity contribution < 1.29 is 17.2 Å². The van der Waals surface area contributed by atoms with Crippen molar-refractivity contribution in [2.45, 2.75) is 55.0 Å². The SMILES string of the molecule is CC1CC(Nc2ccc(S(=O)(=O)C(F)F)cc2)CN1C1CC1. The van der Waals surface area contributed by atoms with Crippen LogP contribution >= 0.6 is 0 Å². The Kier molecular flexibility index (Phi) is 4.11. The minimum Gasteiger partial charge on any atom is -0.381 e. The molecule has 4 nitrogen and oxygen atoms in total. The van der Waals surface area contributed by atoms with Gasteiger partial charge in [-0.3, -0.25) is 4.90 Å². The molecule has 2 unspecified atom stereocenters. The maximum atomic E-state index is 12.5. The van der Waals surface area contributed by atoms with Gasteiger partial charge >= 0.3 is 5.76 Å². The van der Waals surface area contributed by atoms with E-state index in [1.807, 2.05) is 0 Å². The van der Waals surface area contributed by atoms with Gasteiger partial charge in [-0.05, 0) is 50.5 Å². The van der Waals surface area contributed by atoms with Crippen LogP contribution in [0.25, 0.3) is 0 Å². The summed E-state index contributed by atoms with van der Waals surface area (Å²) >= 11 is 0. The third kappa shape index (κ3) is 3.10. The van der Waals surface area contributed by atoms with Gasteiger partial charge in [0.2, 0.25) is 9.84 Å². The van der Waals surface area contributed by atoms with E-state index in [-0.39, 0.29) is 4.90 Å². The Hall–Kier alpha value is -1.21. The minimum absolute atomic E-state index is 0.313. The summed E-state index contributed by atoms with van der Waals surface area (Å²) < 4.78 is 47.7. The Morgan fingerprint density at radius 2 is 1.86 bits per heavy atom. The molecule has 122 valence electrons. The minimum atomic E-state index is -4.51. The highest BCUT2D eigenvalue weighted by molar-refractivity contribution is 7.91. The number of anilines is 1. The van der Waals surface area contributed by atoms with Crippen LogP contribution in [0.5, 0.6) is 0 Å². The maximum absolute atomic E-state index is 12.5. The van der Waals surface area contributed by atoms with Crippen LogP contribution in [-0.2, 0) is 9.84 Å². The third-order valence-electron chi connectivity index (χ3n) is 4.43. The molecule has 2 aliphatic rings. The van der Waals surface area contributed by atoms with Gasteiger partial charge in [-0.1, -0.05) is 0 Å². The van der Waals surface area contributed by atoms with Crippen molar-refractivity contribution in [2.75, 3.05) is 11.9 Å². The van der Waals surface area contributed by atoms with Gasteiger partial charge in [-0.15, -0.1) is 0 Å². The van der Waals surface area contributed by atoms with Gasteiger partial charge in [0, 0.05) is 30.4 Å². The smallest absolute Gasteiger partial charge is 0.341 e. The van der Waals surface area contributed by atoms with Gasteiger partial charge in [0.25, 0.3) is 0 Å².